The highest BCUT2D eigenvalue weighted by Gasteiger charge is 2.51. The summed E-state index contributed by atoms with van der Waals surface area (Å²) in [6, 6.07) is 24.7. The van der Waals surface area contributed by atoms with E-state index in [0.717, 1.165) is 30.5 Å². The van der Waals surface area contributed by atoms with Crippen LogP contribution in [0.3, 0.4) is 0 Å². The normalized spacial score (nSPS) is 20.4. The van der Waals surface area contributed by atoms with Crippen LogP contribution in [0.1, 0.15) is 79.6 Å². The Kier molecular flexibility index (Phi) is 6.93. The van der Waals surface area contributed by atoms with Gasteiger partial charge in [-0.2, -0.15) is 9.13 Å². The minimum Gasteiger partial charge on any atom is -0.515 e. The third kappa shape index (κ3) is 4.72. The van der Waals surface area contributed by atoms with Gasteiger partial charge >= 0.3 is 0 Å². The third-order valence-corrected chi connectivity index (χ3v) is 9.02. The predicted octanol–water partition coefficient (Wildman–Crippen LogP) is 8.56. The molecule has 6 rings (SSSR count). The number of allylic oxidation sites excluding steroid dienone is 2. The van der Waals surface area contributed by atoms with Gasteiger partial charge in [-0.15, -0.1) is 6.58 Å². The molecule has 0 fully saturated rings. The van der Waals surface area contributed by atoms with Gasteiger partial charge in [0, 0.05) is 36.6 Å². The second-order valence-corrected chi connectivity index (χ2v) is 13.1. The number of aliphatic hydroxyl groups is 1. The quantitative estimate of drug-likeness (QED) is 0.153. The highest BCUT2D eigenvalue weighted by atomic mass is 16.2. The maximum atomic E-state index is 10.6. The molecule has 4 heterocycles. The first-order valence-corrected chi connectivity index (χ1v) is 14.9. The van der Waals surface area contributed by atoms with E-state index in [9.17, 15) is 5.11 Å². The lowest BCUT2D eigenvalue weighted by molar-refractivity contribution is -0.754. The van der Waals surface area contributed by atoms with E-state index in [-0.39, 0.29) is 23.4 Å². The van der Waals surface area contributed by atoms with Gasteiger partial charge in [-0.3, -0.25) is 0 Å². The first-order chi connectivity index (χ1) is 19.7. The summed E-state index contributed by atoms with van der Waals surface area (Å²) in [5, 5.41) is 10.6. The lowest BCUT2D eigenvalue weighted by Gasteiger charge is -2.31. The topological polar surface area (TPSA) is 28.0 Å². The smallest absolute Gasteiger partial charge is 0.213 e. The monoisotopic (exact) mass is 542 g/mol. The van der Waals surface area contributed by atoms with E-state index in [2.05, 4.69) is 136 Å². The Labute approximate surface area is 245 Å². The molecule has 41 heavy (non-hydrogen) atoms. The van der Waals surface area contributed by atoms with E-state index in [0.29, 0.717) is 0 Å². The van der Waals surface area contributed by atoms with Crippen molar-refractivity contribution in [3.8, 4) is 22.4 Å². The first kappa shape index (κ1) is 27.2. The summed E-state index contributed by atoms with van der Waals surface area (Å²) < 4.78 is 4.95. The van der Waals surface area contributed by atoms with Gasteiger partial charge in [0.25, 0.3) is 0 Å². The third-order valence-electron chi connectivity index (χ3n) is 9.02. The van der Waals surface area contributed by atoms with Crippen LogP contribution in [0, 0.1) is 19.3 Å². The Morgan fingerprint density at radius 3 is 2.34 bits per heavy atom. The van der Waals surface area contributed by atoms with Crippen LogP contribution in [-0.2, 0) is 6.42 Å². The molecule has 2 aromatic heterocycles. The molecular weight excluding hydrogens is 500 g/mol. The summed E-state index contributed by atoms with van der Waals surface area (Å²) in [6.07, 6.45) is 10.7. The molecule has 0 amide bonds. The number of rotatable bonds is 5. The summed E-state index contributed by atoms with van der Waals surface area (Å²) >= 11 is 0. The van der Waals surface area contributed by atoms with Gasteiger partial charge in [0.15, 0.2) is 24.5 Å². The highest BCUT2D eigenvalue weighted by Crippen LogP contribution is 2.49. The Bertz CT molecular complexity index is 1650. The lowest BCUT2D eigenvalue weighted by atomic mass is 9.76. The van der Waals surface area contributed by atoms with Gasteiger partial charge in [0.05, 0.1) is 17.4 Å². The number of hydrogen-bond acceptors (Lipinski definition) is 1. The van der Waals surface area contributed by atoms with Crippen molar-refractivity contribution in [3.63, 3.8) is 0 Å². The van der Waals surface area contributed by atoms with Crippen LogP contribution < -0.4 is 9.13 Å². The minimum absolute atomic E-state index is 0.126. The molecule has 1 N–H and O–H groups in total. The van der Waals surface area contributed by atoms with Crippen molar-refractivity contribution >= 4 is 5.57 Å². The molecular formula is C38H42N2O+2. The highest BCUT2D eigenvalue weighted by molar-refractivity contribution is 5.76. The molecule has 2 aliphatic rings. The van der Waals surface area contributed by atoms with E-state index in [4.69, 9.17) is 0 Å². The average molecular weight is 543 g/mol. The minimum atomic E-state index is 0.126. The summed E-state index contributed by atoms with van der Waals surface area (Å²) in [5.41, 5.74) is 12.7. The van der Waals surface area contributed by atoms with Crippen molar-refractivity contribution in [1.29, 1.82) is 0 Å². The molecule has 0 spiro atoms. The number of aryl methyl sites for hydroxylation is 2. The van der Waals surface area contributed by atoms with Gasteiger partial charge in [-0.1, -0.05) is 63.2 Å². The molecule has 0 saturated carbocycles. The largest absolute Gasteiger partial charge is 0.515 e. The Balaban J connectivity index is 1.59. The molecule has 4 aromatic rings. The van der Waals surface area contributed by atoms with Crippen molar-refractivity contribution in [2.24, 2.45) is 5.41 Å². The van der Waals surface area contributed by atoms with Crippen LogP contribution in [0.2, 0.25) is 0 Å². The van der Waals surface area contributed by atoms with E-state index in [1.165, 1.54) is 50.9 Å². The maximum Gasteiger partial charge on any atom is 0.213 e. The zero-order chi connectivity index (χ0) is 28.9. The summed E-state index contributed by atoms with van der Waals surface area (Å²) in [7, 11) is 0. The average Bonchev–Trinajstić information content (AvgIpc) is 3.29. The SMILES string of the molecule is C=CCC1C(C2C/C(=C/O)c3cc(-c4c(C)cccc4C)c(CC(C)(C)C)c[n+]32)c2ccccc2-c2cccc[n+]21. The van der Waals surface area contributed by atoms with Gasteiger partial charge < -0.3 is 5.11 Å². The van der Waals surface area contributed by atoms with E-state index in [1.807, 2.05) is 0 Å². The molecule has 0 aliphatic carbocycles. The van der Waals surface area contributed by atoms with Gasteiger partial charge in [-0.25, -0.2) is 0 Å². The second-order valence-electron chi connectivity index (χ2n) is 13.1. The number of nitrogens with zero attached hydrogens (tertiary/aromatic N) is 2. The van der Waals surface area contributed by atoms with Crippen LogP contribution in [0.4, 0.5) is 0 Å². The number of aliphatic hydroxyl groups excluding tert-OH is 1. The Hall–Kier alpha value is -3.98. The van der Waals surface area contributed by atoms with Crippen molar-refractivity contribution in [2.45, 2.75) is 71.9 Å². The first-order valence-electron chi connectivity index (χ1n) is 14.9. The molecule has 2 aliphatic heterocycles. The predicted molar refractivity (Wildman–Crippen MR) is 168 cm³/mol. The Morgan fingerprint density at radius 2 is 1.63 bits per heavy atom. The van der Waals surface area contributed by atoms with E-state index < -0.39 is 0 Å². The molecule has 3 nitrogen and oxygen atoms in total. The molecule has 3 heteroatoms. The van der Waals surface area contributed by atoms with Crippen LogP contribution in [-0.4, -0.2) is 5.11 Å². The van der Waals surface area contributed by atoms with Crippen LogP contribution >= 0.6 is 0 Å². The number of fused-ring (bicyclic) bond motifs is 4. The summed E-state index contributed by atoms with van der Waals surface area (Å²) in [5.74, 6) is 0.221. The number of hydrogen-bond donors (Lipinski definition) is 1. The van der Waals surface area contributed by atoms with Crippen LogP contribution in [0.25, 0.3) is 28.0 Å². The van der Waals surface area contributed by atoms with Gasteiger partial charge in [0.2, 0.25) is 11.4 Å². The molecule has 3 atom stereocenters. The van der Waals surface area contributed by atoms with E-state index >= 15 is 0 Å². The molecule has 2 aromatic carbocycles. The number of benzene rings is 2. The molecule has 0 bridgehead atoms. The Morgan fingerprint density at radius 1 is 0.902 bits per heavy atom. The van der Waals surface area contributed by atoms with Crippen molar-refractivity contribution in [2.75, 3.05) is 0 Å². The maximum absolute atomic E-state index is 10.6. The second kappa shape index (κ2) is 10.4. The fourth-order valence-corrected chi connectivity index (χ4v) is 7.44. The zero-order valence-electron chi connectivity index (χ0n) is 25.1. The van der Waals surface area contributed by atoms with Crippen LogP contribution in [0.5, 0.6) is 0 Å². The molecule has 0 radical (unpaired) electrons. The fraction of sp³-hybridized carbons (Fsp3) is 0.316. The fourth-order valence-electron chi connectivity index (χ4n) is 7.44. The summed E-state index contributed by atoms with van der Waals surface area (Å²) in [4.78, 5) is 0. The van der Waals surface area contributed by atoms with Crippen molar-refractivity contribution in [3.05, 3.63) is 126 Å². The molecule has 3 unspecified atom stereocenters. The van der Waals surface area contributed by atoms with Gasteiger partial charge in [0.1, 0.15) is 5.92 Å². The van der Waals surface area contributed by atoms with Gasteiger partial charge in [-0.05, 0) is 65.6 Å². The molecule has 208 valence electrons. The molecule has 0 saturated heterocycles. The van der Waals surface area contributed by atoms with Crippen molar-refractivity contribution in [1.82, 2.24) is 0 Å². The number of pyridine rings is 2. The standard InChI is InChI=1S/C38H41N2O/c1-7-13-33-37(30-17-9-8-16-29(30)32-18-10-11-19-39(32)33)35-20-27(24-41)34-21-31(36-25(2)14-12-15-26(36)3)28(23-40(34)35)22-38(4,5)6/h7-12,14-19,21,23-24,33,35,37H,1,13,20,22H2,2-6H3/q+1/p+1. The van der Waals surface area contributed by atoms with E-state index in [1.54, 1.807) is 0 Å². The van der Waals surface area contributed by atoms with Crippen molar-refractivity contribution < 1.29 is 14.2 Å². The van der Waals surface area contributed by atoms with Crippen LogP contribution in [0.15, 0.2) is 98.0 Å². The summed E-state index contributed by atoms with van der Waals surface area (Å²) in [6.45, 7) is 15.5. The lowest BCUT2D eigenvalue weighted by Crippen LogP contribution is -2.52. The number of aromatic nitrogens is 2. The zero-order valence-corrected chi connectivity index (χ0v) is 25.1.